The number of nitrogens with two attached hydrogens (primary N) is 1. The Bertz CT molecular complexity index is 1030. The van der Waals surface area contributed by atoms with Crippen LogP contribution in [0.4, 0.5) is 5.69 Å². The summed E-state index contributed by atoms with van der Waals surface area (Å²) in [5.41, 5.74) is 5.78. The van der Waals surface area contributed by atoms with Gasteiger partial charge in [0.1, 0.15) is 0 Å². The molecule has 0 atom stereocenters. The molecule has 2 aromatic rings. The lowest BCUT2D eigenvalue weighted by Crippen LogP contribution is -2.37. The number of carbonyl (C=O) groups is 3. The molecule has 0 fully saturated rings. The van der Waals surface area contributed by atoms with Gasteiger partial charge in [-0.1, -0.05) is 17.7 Å². The number of sulfone groups is 1. The number of fused-ring (bicyclic) bond motifs is 1. The Balaban J connectivity index is 1.77. The lowest BCUT2D eigenvalue weighted by atomic mass is 10.1. The Hall–Kier alpha value is -2.71. The number of imide groups is 3. The third-order valence-corrected chi connectivity index (χ3v) is 5.94. The minimum absolute atomic E-state index is 0.00121. The lowest BCUT2D eigenvalue weighted by Gasteiger charge is -2.12. The Labute approximate surface area is 154 Å². The molecule has 1 aliphatic rings. The SMILES string of the molecule is Nc1cccc2c1C(=O)N(C(=O)CCS(=O)(=O)c1ccc(Cl)cc1)C2=O. The fourth-order valence-corrected chi connectivity index (χ4v) is 3.99. The van der Waals surface area contributed by atoms with Crippen LogP contribution in [-0.2, 0) is 14.6 Å². The van der Waals surface area contributed by atoms with Crippen molar-refractivity contribution in [2.24, 2.45) is 0 Å². The first-order chi connectivity index (χ1) is 12.2. The van der Waals surface area contributed by atoms with Crippen molar-refractivity contribution in [2.75, 3.05) is 11.5 Å². The fraction of sp³-hybridized carbons (Fsp3) is 0.118. The minimum atomic E-state index is -3.77. The van der Waals surface area contributed by atoms with E-state index in [1.807, 2.05) is 0 Å². The summed E-state index contributed by atoms with van der Waals surface area (Å²) in [5, 5.41) is 0.378. The van der Waals surface area contributed by atoms with Crippen LogP contribution >= 0.6 is 11.6 Å². The predicted molar refractivity (Wildman–Crippen MR) is 94.5 cm³/mol. The molecule has 26 heavy (non-hydrogen) atoms. The summed E-state index contributed by atoms with van der Waals surface area (Å²) in [6.07, 6.45) is -0.518. The molecular weight excluding hydrogens is 380 g/mol. The van der Waals surface area contributed by atoms with Gasteiger partial charge in [-0.15, -0.1) is 0 Å². The molecule has 0 aliphatic carbocycles. The van der Waals surface area contributed by atoms with Gasteiger partial charge in [0, 0.05) is 17.1 Å². The molecule has 0 aromatic heterocycles. The van der Waals surface area contributed by atoms with Gasteiger partial charge in [0.2, 0.25) is 5.91 Å². The highest BCUT2D eigenvalue weighted by Crippen LogP contribution is 2.28. The summed E-state index contributed by atoms with van der Waals surface area (Å²) >= 11 is 5.72. The van der Waals surface area contributed by atoms with E-state index in [0.717, 1.165) is 0 Å². The van der Waals surface area contributed by atoms with Gasteiger partial charge in [-0.05, 0) is 36.4 Å². The topological polar surface area (TPSA) is 115 Å². The molecule has 0 saturated heterocycles. The van der Waals surface area contributed by atoms with E-state index in [-0.39, 0.29) is 21.7 Å². The van der Waals surface area contributed by atoms with Crippen molar-refractivity contribution in [3.8, 4) is 0 Å². The first-order valence-corrected chi connectivity index (χ1v) is 9.54. The van der Waals surface area contributed by atoms with E-state index in [0.29, 0.717) is 9.92 Å². The smallest absolute Gasteiger partial charge is 0.270 e. The predicted octanol–water partition coefficient (Wildman–Crippen LogP) is 1.91. The van der Waals surface area contributed by atoms with Crippen LogP contribution in [0.2, 0.25) is 5.02 Å². The van der Waals surface area contributed by atoms with Crippen LogP contribution in [0.25, 0.3) is 0 Å². The molecule has 9 heteroatoms. The Kier molecular flexibility index (Phi) is 4.55. The van der Waals surface area contributed by atoms with Gasteiger partial charge in [0.25, 0.3) is 11.8 Å². The number of carbonyl (C=O) groups excluding carboxylic acids is 3. The number of halogens is 1. The molecule has 2 N–H and O–H groups in total. The molecule has 1 aliphatic heterocycles. The number of hydrogen-bond acceptors (Lipinski definition) is 6. The van der Waals surface area contributed by atoms with Crippen LogP contribution < -0.4 is 5.73 Å². The summed E-state index contributed by atoms with van der Waals surface area (Å²) in [4.78, 5) is 37.4. The summed E-state index contributed by atoms with van der Waals surface area (Å²) in [7, 11) is -3.77. The number of benzene rings is 2. The second-order valence-electron chi connectivity index (χ2n) is 5.63. The lowest BCUT2D eigenvalue weighted by molar-refractivity contribution is -0.125. The summed E-state index contributed by atoms with van der Waals surface area (Å²) < 4.78 is 24.6. The number of nitrogen functional groups attached to an aromatic ring is 1. The quantitative estimate of drug-likeness (QED) is 0.627. The van der Waals surface area contributed by atoms with Crippen molar-refractivity contribution in [1.29, 1.82) is 0 Å². The number of amides is 3. The molecule has 0 bridgehead atoms. The third-order valence-electron chi connectivity index (χ3n) is 3.95. The van der Waals surface area contributed by atoms with Gasteiger partial charge in [-0.3, -0.25) is 14.4 Å². The Morgan fingerprint density at radius 2 is 1.69 bits per heavy atom. The van der Waals surface area contributed by atoms with Gasteiger partial charge < -0.3 is 5.73 Å². The van der Waals surface area contributed by atoms with Gasteiger partial charge in [0.15, 0.2) is 9.84 Å². The van der Waals surface area contributed by atoms with Crippen LogP contribution in [0, 0.1) is 0 Å². The van der Waals surface area contributed by atoms with Crippen LogP contribution in [-0.4, -0.2) is 36.8 Å². The first kappa shape index (κ1) is 18.1. The van der Waals surface area contributed by atoms with Crippen molar-refractivity contribution in [3.63, 3.8) is 0 Å². The van der Waals surface area contributed by atoms with E-state index in [1.54, 1.807) is 0 Å². The summed E-state index contributed by atoms with van der Waals surface area (Å²) in [6.45, 7) is 0. The largest absolute Gasteiger partial charge is 0.398 e. The van der Waals surface area contributed by atoms with E-state index >= 15 is 0 Å². The fourth-order valence-electron chi connectivity index (χ4n) is 2.63. The maximum atomic E-state index is 12.3. The Morgan fingerprint density at radius 3 is 2.31 bits per heavy atom. The third kappa shape index (κ3) is 3.09. The zero-order valence-electron chi connectivity index (χ0n) is 13.3. The highest BCUT2D eigenvalue weighted by molar-refractivity contribution is 7.91. The van der Waals surface area contributed by atoms with E-state index in [4.69, 9.17) is 17.3 Å². The molecule has 7 nitrogen and oxygen atoms in total. The maximum Gasteiger partial charge on any atom is 0.270 e. The molecule has 2 aromatic carbocycles. The molecule has 0 radical (unpaired) electrons. The van der Waals surface area contributed by atoms with Crippen molar-refractivity contribution in [2.45, 2.75) is 11.3 Å². The van der Waals surface area contributed by atoms with Crippen molar-refractivity contribution < 1.29 is 22.8 Å². The molecule has 3 rings (SSSR count). The van der Waals surface area contributed by atoms with E-state index in [1.165, 1.54) is 42.5 Å². The zero-order chi connectivity index (χ0) is 19.1. The summed E-state index contributed by atoms with van der Waals surface area (Å²) in [6, 6.07) is 9.83. The minimum Gasteiger partial charge on any atom is -0.398 e. The van der Waals surface area contributed by atoms with Gasteiger partial charge in [-0.2, -0.15) is 0 Å². The maximum absolute atomic E-state index is 12.3. The number of hydrogen-bond donors (Lipinski definition) is 1. The normalized spacial score (nSPS) is 13.8. The average Bonchev–Trinajstić information content (AvgIpc) is 2.85. The summed E-state index contributed by atoms with van der Waals surface area (Å²) in [5.74, 6) is -3.08. The number of rotatable bonds is 4. The zero-order valence-corrected chi connectivity index (χ0v) is 14.9. The van der Waals surface area contributed by atoms with Gasteiger partial charge in [-0.25, -0.2) is 13.3 Å². The van der Waals surface area contributed by atoms with Crippen LogP contribution in [0.3, 0.4) is 0 Å². The van der Waals surface area contributed by atoms with Gasteiger partial charge in [0.05, 0.1) is 21.8 Å². The standard InChI is InChI=1S/C17H13ClN2O5S/c18-10-4-6-11(7-5-10)26(24,25)9-8-14(21)20-16(22)12-2-1-3-13(19)15(12)17(20)23/h1-7H,8-9,19H2. The van der Waals surface area contributed by atoms with Crippen LogP contribution in [0.15, 0.2) is 47.4 Å². The molecule has 0 unspecified atom stereocenters. The second-order valence-corrected chi connectivity index (χ2v) is 8.18. The van der Waals surface area contributed by atoms with Crippen molar-refractivity contribution >= 4 is 44.8 Å². The monoisotopic (exact) mass is 392 g/mol. The molecule has 0 saturated carbocycles. The Morgan fingerprint density at radius 1 is 1.04 bits per heavy atom. The average molecular weight is 393 g/mol. The highest BCUT2D eigenvalue weighted by Gasteiger charge is 2.41. The van der Waals surface area contributed by atoms with E-state index in [2.05, 4.69) is 0 Å². The molecule has 0 spiro atoms. The van der Waals surface area contributed by atoms with Gasteiger partial charge >= 0.3 is 0 Å². The first-order valence-electron chi connectivity index (χ1n) is 7.51. The number of anilines is 1. The van der Waals surface area contributed by atoms with E-state index in [9.17, 15) is 22.8 Å². The van der Waals surface area contributed by atoms with E-state index < -0.39 is 39.7 Å². The second kappa shape index (κ2) is 6.54. The molecule has 1 heterocycles. The molecular formula is C17H13ClN2O5S. The number of nitrogens with zero attached hydrogens (tertiary/aromatic N) is 1. The van der Waals surface area contributed by atoms with Crippen molar-refractivity contribution in [3.05, 3.63) is 58.6 Å². The van der Waals surface area contributed by atoms with Crippen molar-refractivity contribution in [1.82, 2.24) is 4.90 Å². The highest BCUT2D eigenvalue weighted by atomic mass is 35.5. The van der Waals surface area contributed by atoms with Crippen LogP contribution in [0.1, 0.15) is 27.1 Å². The molecule has 134 valence electrons. The van der Waals surface area contributed by atoms with Crippen LogP contribution in [0.5, 0.6) is 0 Å². The molecule has 3 amide bonds.